The lowest BCUT2D eigenvalue weighted by atomic mass is 10.1. The van der Waals surface area contributed by atoms with Crippen LogP contribution in [0.2, 0.25) is 0 Å². The molecule has 144 valence electrons. The topological polar surface area (TPSA) is 66.7 Å². The number of piperazine rings is 1. The van der Waals surface area contributed by atoms with E-state index >= 15 is 0 Å². The Kier molecular flexibility index (Phi) is 6.15. The minimum atomic E-state index is -0.426. The quantitative estimate of drug-likeness (QED) is 0.784. The second-order valence-electron chi connectivity index (χ2n) is 6.48. The average molecular weight is 391 g/mol. The summed E-state index contributed by atoms with van der Waals surface area (Å²) in [6.45, 7) is 5.65. The van der Waals surface area contributed by atoms with Crippen LogP contribution in [0.1, 0.15) is 27.4 Å². The number of aryl methyl sites for hydroxylation is 2. The van der Waals surface area contributed by atoms with Crippen molar-refractivity contribution in [3.63, 3.8) is 0 Å². The summed E-state index contributed by atoms with van der Waals surface area (Å²) in [5.74, 6) is 1.29. The Morgan fingerprint density at radius 2 is 1.89 bits per heavy atom. The third kappa shape index (κ3) is 4.68. The molecule has 1 aliphatic heterocycles. The molecule has 0 N–H and O–H groups in total. The van der Waals surface area contributed by atoms with Crippen molar-refractivity contribution in [3.8, 4) is 0 Å². The van der Waals surface area contributed by atoms with E-state index < -0.39 is 5.82 Å². The maximum absolute atomic E-state index is 13.3. The first-order valence-electron chi connectivity index (χ1n) is 8.78. The van der Waals surface area contributed by atoms with E-state index in [9.17, 15) is 14.0 Å². The molecule has 3 rings (SSSR count). The van der Waals surface area contributed by atoms with Gasteiger partial charge in [-0.1, -0.05) is 11.2 Å². The SMILES string of the molecule is Cc1noc(C)c1CSCC(=O)N1CCN(C(=O)c2cccc(F)c2)CC1. The zero-order chi connectivity index (χ0) is 19.4. The van der Waals surface area contributed by atoms with E-state index in [2.05, 4.69) is 5.16 Å². The van der Waals surface area contributed by atoms with E-state index in [4.69, 9.17) is 4.52 Å². The minimum Gasteiger partial charge on any atom is -0.361 e. The predicted molar refractivity (Wildman–Crippen MR) is 101 cm³/mol. The third-order valence-electron chi connectivity index (χ3n) is 4.64. The molecule has 0 saturated carbocycles. The van der Waals surface area contributed by atoms with Crippen LogP contribution in [0.5, 0.6) is 0 Å². The summed E-state index contributed by atoms with van der Waals surface area (Å²) < 4.78 is 18.4. The lowest BCUT2D eigenvalue weighted by Gasteiger charge is -2.34. The first-order valence-corrected chi connectivity index (χ1v) is 9.93. The minimum absolute atomic E-state index is 0.0598. The summed E-state index contributed by atoms with van der Waals surface area (Å²) in [5, 5.41) is 3.91. The summed E-state index contributed by atoms with van der Waals surface area (Å²) in [7, 11) is 0. The van der Waals surface area contributed by atoms with Crippen molar-refractivity contribution in [1.82, 2.24) is 15.0 Å². The number of hydrogen-bond donors (Lipinski definition) is 0. The molecule has 27 heavy (non-hydrogen) atoms. The van der Waals surface area contributed by atoms with Gasteiger partial charge < -0.3 is 14.3 Å². The molecule has 1 saturated heterocycles. The molecule has 6 nitrogen and oxygen atoms in total. The molecule has 1 aliphatic rings. The fourth-order valence-electron chi connectivity index (χ4n) is 3.00. The monoisotopic (exact) mass is 391 g/mol. The zero-order valence-corrected chi connectivity index (χ0v) is 16.2. The molecule has 2 amide bonds. The van der Waals surface area contributed by atoms with Crippen LogP contribution in [0.15, 0.2) is 28.8 Å². The van der Waals surface area contributed by atoms with Crippen LogP contribution in [0.3, 0.4) is 0 Å². The van der Waals surface area contributed by atoms with Gasteiger partial charge in [-0.3, -0.25) is 9.59 Å². The Morgan fingerprint density at radius 1 is 1.19 bits per heavy atom. The molecule has 0 unspecified atom stereocenters. The second-order valence-corrected chi connectivity index (χ2v) is 7.46. The number of benzene rings is 1. The Hall–Kier alpha value is -2.35. The highest BCUT2D eigenvalue weighted by atomic mass is 32.2. The van der Waals surface area contributed by atoms with Gasteiger partial charge >= 0.3 is 0 Å². The van der Waals surface area contributed by atoms with Gasteiger partial charge in [0.25, 0.3) is 5.91 Å². The summed E-state index contributed by atoms with van der Waals surface area (Å²) >= 11 is 1.53. The van der Waals surface area contributed by atoms with Crippen LogP contribution in [-0.4, -0.2) is 58.7 Å². The van der Waals surface area contributed by atoms with Crippen molar-refractivity contribution in [2.45, 2.75) is 19.6 Å². The van der Waals surface area contributed by atoms with E-state index in [1.165, 1.54) is 30.0 Å². The lowest BCUT2D eigenvalue weighted by molar-refractivity contribution is -0.129. The molecule has 0 spiro atoms. The molecule has 1 fully saturated rings. The van der Waals surface area contributed by atoms with Crippen LogP contribution >= 0.6 is 11.8 Å². The summed E-state index contributed by atoms with van der Waals surface area (Å²) in [4.78, 5) is 28.3. The van der Waals surface area contributed by atoms with Crippen molar-refractivity contribution in [2.24, 2.45) is 0 Å². The summed E-state index contributed by atoms with van der Waals surface area (Å²) in [6.07, 6.45) is 0. The Labute approximate surface area is 161 Å². The van der Waals surface area contributed by atoms with Crippen LogP contribution in [0.4, 0.5) is 4.39 Å². The largest absolute Gasteiger partial charge is 0.361 e. The predicted octanol–water partition coefficient (Wildman–Crippen LogP) is 2.65. The van der Waals surface area contributed by atoms with Gasteiger partial charge in [0.15, 0.2) is 0 Å². The molecule has 8 heteroatoms. The fourth-order valence-corrected chi connectivity index (χ4v) is 4.08. The van der Waals surface area contributed by atoms with E-state index in [1.54, 1.807) is 15.9 Å². The molecule has 0 bridgehead atoms. The molecular formula is C19H22FN3O3S. The number of aromatic nitrogens is 1. The van der Waals surface area contributed by atoms with Gasteiger partial charge in [-0.15, -0.1) is 11.8 Å². The molecule has 0 radical (unpaired) electrons. The molecule has 1 aromatic carbocycles. The van der Waals surface area contributed by atoms with Gasteiger partial charge in [0.05, 0.1) is 11.4 Å². The van der Waals surface area contributed by atoms with E-state index in [1.807, 2.05) is 13.8 Å². The smallest absolute Gasteiger partial charge is 0.254 e. The van der Waals surface area contributed by atoms with E-state index in [0.717, 1.165) is 17.0 Å². The first-order chi connectivity index (χ1) is 13.0. The Bertz CT molecular complexity index is 812. The number of halogens is 1. The van der Waals surface area contributed by atoms with Crippen LogP contribution in [-0.2, 0) is 10.5 Å². The van der Waals surface area contributed by atoms with Gasteiger partial charge in [0.2, 0.25) is 5.91 Å². The fraction of sp³-hybridized carbons (Fsp3) is 0.421. The van der Waals surface area contributed by atoms with Gasteiger partial charge in [0.1, 0.15) is 11.6 Å². The second kappa shape index (κ2) is 8.56. The van der Waals surface area contributed by atoms with Crippen molar-refractivity contribution in [2.75, 3.05) is 31.9 Å². The molecular weight excluding hydrogens is 369 g/mol. The summed E-state index contributed by atoms with van der Waals surface area (Å²) in [5.41, 5.74) is 2.24. The molecule has 2 aromatic rings. The number of rotatable bonds is 5. The van der Waals surface area contributed by atoms with Gasteiger partial charge in [0, 0.05) is 43.1 Å². The number of thioether (sulfide) groups is 1. The van der Waals surface area contributed by atoms with Crippen molar-refractivity contribution in [1.29, 1.82) is 0 Å². The average Bonchev–Trinajstić information content (AvgIpc) is 2.99. The molecule has 0 aliphatic carbocycles. The van der Waals surface area contributed by atoms with Crippen LogP contribution < -0.4 is 0 Å². The van der Waals surface area contributed by atoms with Gasteiger partial charge in [-0.2, -0.15) is 0 Å². The van der Waals surface area contributed by atoms with Crippen molar-refractivity contribution >= 4 is 23.6 Å². The standard InChI is InChI=1S/C19H22FN3O3S/c1-13-17(14(2)26-21-13)11-27-12-18(24)22-6-8-23(9-7-22)19(25)15-4-3-5-16(20)10-15/h3-5,10H,6-9,11-12H2,1-2H3. The number of amides is 2. The van der Waals surface area contributed by atoms with Gasteiger partial charge in [-0.05, 0) is 32.0 Å². The summed E-state index contributed by atoms with van der Waals surface area (Å²) in [6, 6.07) is 5.69. The molecule has 2 heterocycles. The van der Waals surface area contributed by atoms with Crippen molar-refractivity contribution < 1.29 is 18.5 Å². The number of nitrogens with zero attached hydrogens (tertiary/aromatic N) is 3. The zero-order valence-electron chi connectivity index (χ0n) is 15.4. The number of carbonyl (C=O) groups is 2. The maximum Gasteiger partial charge on any atom is 0.254 e. The van der Waals surface area contributed by atoms with E-state index in [-0.39, 0.29) is 11.8 Å². The molecule has 1 aromatic heterocycles. The highest BCUT2D eigenvalue weighted by Gasteiger charge is 2.25. The van der Waals surface area contributed by atoms with Crippen LogP contribution in [0, 0.1) is 19.7 Å². The Balaban J connectivity index is 1.46. The normalized spacial score (nSPS) is 14.5. The molecule has 0 atom stereocenters. The van der Waals surface area contributed by atoms with E-state index in [0.29, 0.717) is 43.2 Å². The number of carbonyl (C=O) groups excluding carboxylic acids is 2. The maximum atomic E-state index is 13.3. The van der Waals surface area contributed by atoms with Crippen LogP contribution in [0.25, 0.3) is 0 Å². The highest BCUT2D eigenvalue weighted by molar-refractivity contribution is 7.99. The van der Waals surface area contributed by atoms with Gasteiger partial charge in [-0.25, -0.2) is 4.39 Å². The number of hydrogen-bond acceptors (Lipinski definition) is 5. The third-order valence-corrected chi connectivity index (χ3v) is 5.59. The lowest BCUT2D eigenvalue weighted by Crippen LogP contribution is -2.51. The van der Waals surface area contributed by atoms with Crippen molar-refractivity contribution in [3.05, 3.63) is 52.7 Å². The Morgan fingerprint density at radius 3 is 2.52 bits per heavy atom. The first kappa shape index (κ1) is 19.4. The highest BCUT2D eigenvalue weighted by Crippen LogP contribution is 2.20.